The highest BCUT2D eigenvalue weighted by atomic mass is 32.1. The highest BCUT2D eigenvalue weighted by Gasteiger charge is 2.40. The maximum Gasteiger partial charge on any atom is 0.110 e. The van der Waals surface area contributed by atoms with E-state index in [2.05, 4.69) is 70.8 Å². The Labute approximate surface area is 341 Å². The normalized spacial score (nSPS) is 20.1. The lowest BCUT2D eigenvalue weighted by atomic mass is 9.91. The number of hydrogen-bond acceptors (Lipinski definition) is 9. The molecule has 0 aliphatic heterocycles. The molecule has 1 aromatic rings. The van der Waals surface area contributed by atoms with Gasteiger partial charge in [-0.1, -0.05) is 94.4 Å². The van der Waals surface area contributed by atoms with Crippen LogP contribution >= 0.6 is 112 Å². The first-order chi connectivity index (χ1) is 23.0. The summed E-state index contributed by atoms with van der Waals surface area (Å²) in [4.78, 5) is 8.79. The zero-order valence-electron chi connectivity index (χ0n) is 28.5. The molecule has 0 spiro atoms. The lowest BCUT2D eigenvalue weighted by Crippen LogP contribution is -2.51. The van der Waals surface area contributed by atoms with Crippen LogP contribution in [-0.2, 0) is 0 Å². The van der Waals surface area contributed by atoms with Crippen LogP contribution in [0.1, 0.15) is 132 Å². The second-order valence-electron chi connectivity index (χ2n) is 14.0. The molecular weight excluding hydrogens is 763 g/mol. The van der Waals surface area contributed by atoms with Crippen molar-refractivity contribution in [2.45, 2.75) is 130 Å². The molecule has 3 saturated carbocycles. The van der Waals surface area contributed by atoms with E-state index in [0.717, 1.165) is 165 Å². The molecule has 0 saturated heterocycles. The van der Waals surface area contributed by atoms with Gasteiger partial charge in [-0.05, 0) is 93.2 Å². The number of thiocarbonyl (C=S) groups is 3. The van der Waals surface area contributed by atoms with Gasteiger partial charge in [-0.3, -0.25) is 0 Å². The summed E-state index contributed by atoms with van der Waals surface area (Å²) in [5.41, 5.74) is 2.95. The molecule has 1 aromatic carbocycles. The fraction of sp³-hybridized carbons (Fsp3) is 0.750. The lowest BCUT2D eigenvalue weighted by molar-refractivity contribution is 0.215. The summed E-state index contributed by atoms with van der Waals surface area (Å²) in [6.45, 7) is 2.46. The van der Waals surface area contributed by atoms with E-state index in [-0.39, 0.29) is 14.6 Å². The Kier molecular flexibility index (Phi) is 17.3. The average Bonchev–Trinajstić information content (AvgIpc) is 3.09. The van der Waals surface area contributed by atoms with Gasteiger partial charge in [-0.25, -0.2) is 0 Å². The van der Waals surface area contributed by atoms with E-state index < -0.39 is 0 Å². The van der Waals surface area contributed by atoms with E-state index >= 15 is 0 Å². The fourth-order valence-electron chi connectivity index (χ4n) is 7.81. The predicted molar refractivity (Wildman–Crippen MR) is 241 cm³/mol. The SMILES string of the molecule is S=C(c1cc(C(=S)N(CCCS)C2(S)CCCCC2)cc(C(=S)N(CCCS)C2(S)CCCCC2)c1)N(CCCS)C1(S)CCCCC1. The molecule has 0 amide bonds. The van der Waals surface area contributed by atoms with Crippen LogP contribution in [0.4, 0.5) is 0 Å². The monoisotopic (exact) mass is 819 g/mol. The molecule has 3 aliphatic rings. The summed E-state index contributed by atoms with van der Waals surface area (Å²) in [6.07, 6.45) is 19.7. The first-order valence-corrected chi connectivity index (χ1v) is 22.6. The fourth-order valence-corrected chi connectivity index (χ4v) is 11.1. The minimum atomic E-state index is -0.277. The molecule has 12 heteroatoms. The van der Waals surface area contributed by atoms with Crippen molar-refractivity contribution in [1.82, 2.24) is 14.7 Å². The largest absolute Gasteiger partial charge is 0.348 e. The Morgan fingerprint density at radius 2 is 0.688 bits per heavy atom. The summed E-state index contributed by atoms with van der Waals surface area (Å²) in [5.74, 6) is 2.41. The molecule has 0 unspecified atom stereocenters. The molecule has 0 aromatic heterocycles. The molecule has 48 heavy (non-hydrogen) atoms. The van der Waals surface area contributed by atoms with Crippen LogP contribution < -0.4 is 0 Å². The van der Waals surface area contributed by atoms with Gasteiger partial charge >= 0.3 is 0 Å². The molecule has 0 heterocycles. The van der Waals surface area contributed by atoms with Crippen molar-refractivity contribution in [3.05, 3.63) is 34.9 Å². The smallest absolute Gasteiger partial charge is 0.110 e. The third-order valence-corrected chi connectivity index (χ3v) is 14.9. The van der Waals surface area contributed by atoms with Crippen LogP contribution in [0.3, 0.4) is 0 Å². The minimum Gasteiger partial charge on any atom is -0.348 e. The lowest BCUT2D eigenvalue weighted by Gasteiger charge is -2.46. The van der Waals surface area contributed by atoms with E-state index in [1.54, 1.807) is 0 Å². The maximum absolute atomic E-state index is 6.45. The number of rotatable bonds is 15. The van der Waals surface area contributed by atoms with Gasteiger partial charge in [0.05, 0.1) is 14.6 Å². The Hall–Kier alpha value is 0.990. The van der Waals surface area contributed by atoms with Crippen molar-refractivity contribution in [1.29, 1.82) is 0 Å². The summed E-state index contributed by atoms with van der Waals surface area (Å²) in [6, 6.07) is 6.65. The predicted octanol–water partition coefficient (Wildman–Crippen LogP) is 10.3. The molecule has 3 fully saturated rings. The molecule has 3 aliphatic carbocycles. The Balaban J connectivity index is 1.83. The van der Waals surface area contributed by atoms with E-state index in [0.29, 0.717) is 0 Å². The van der Waals surface area contributed by atoms with Gasteiger partial charge < -0.3 is 14.7 Å². The molecule has 0 radical (unpaired) electrons. The molecule has 270 valence electrons. The summed E-state index contributed by atoms with van der Waals surface area (Å²) >= 11 is 49.2. The van der Waals surface area contributed by atoms with Crippen LogP contribution in [0.25, 0.3) is 0 Å². The third kappa shape index (κ3) is 10.6. The van der Waals surface area contributed by atoms with Gasteiger partial charge in [0.2, 0.25) is 0 Å². The van der Waals surface area contributed by atoms with Crippen LogP contribution in [0, 0.1) is 0 Å². The minimum absolute atomic E-state index is 0.277. The van der Waals surface area contributed by atoms with Gasteiger partial charge in [-0.2, -0.15) is 75.8 Å². The zero-order chi connectivity index (χ0) is 34.8. The maximum atomic E-state index is 6.45. The number of hydrogen-bond donors (Lipinski definition) is 6. The Bertz CT molecular complexity index is 1060. The van der Waals surface area contributed by atoms with Crippen LogP contribution in [0.2, 0.25) is 0 Å². The van der Waals surface area contributed by atoms with Crippen molar-refractivity contribution in [2.75, 3.05) is 36.9 Å². The van der Waals surface area contributed by atoms with Crippen molar-refractivity contribution < 1.29 is 0 Å². The number of nitrogens with zero attached hydrogens (tertiary/aromatic N) is 3. The molecule has 3 nitrogen and oxygen atoms in total. The first kappa shape index (κ1) is 41.7. The van der Waals surface area contributed by atoms with Gasteiger partial charge in [0.15, 0.2) is 0 Å². The highest BCUT2D eigenvalue weighted by Crippen LogP contribution is 2.42. The first-order valence-electron chi connectivity index (χ1n) is 18.1. The Morgan fingerprint density at radius 3 is 0.896 bits per heavy atom. The van der Waals surface area contributed by atoms with E-state index in [9.17, 15) is 0 Å². The zero-order valence-corrected chi connectivity index (χ0v) is 36.3. The second kappa shape index (κ2) is 19.9. The second-order valence-corrected chi connectivity index (χ2v) is 19.0. The van der Waals surface area contributed by atoms with Crippen LogP contribution in [0.5, 0.6) is 0 Å². The molecule has 0 bridgehead atoms. The third-order valence-electron chi connectivity index (χ3n) is 10.5. The average molecular weight is 820 g/mol. The van der Waals surface area contributed by atoms with Gasteiger partial charge in [-0.15, -0.1) is 0 Å². The number of benzene rings is 1. The van der Waals surface area contributed by atoms with Gasteiger partial charge in [0, 0.05) is 36.3 Å². The quantitative estimate of drug-likeness (QED) is 0.0594. The molecular formula is C36H57N3S9. The van der Waals surface area contributed by atoms with E-state index in [4.69, 9.17) is 74.5 Å². The van der Waals surface area contributed by atoms with Crippen molar-refractivity contribution in [3.63, 3.8) is 0 Å². The van der Waals surface area contributed by atoms with Crippen molar-refractivity contribution in [3.8, 4) is 0 Å². The van der Waals surface area contributed by atoms with Crippen LogP contribution in [-0.4, -0.2) is 81.2 Å². The molecule has 0 N–H and O–H groups in total. The summed E-state index contributed by atoms with van der Waals surface area (Å²) in [5, 5.41) is 0. The van der Waals surface area contributed by atoms with E-state index in [1.807, 2.05) is 0 Å². The van der Waals surface area contributed by atoms with Crippen LogP contribution in [0.15, 0.2) is 18.2 Å². The number of thiol groups is 6. The molecule has 0 atom stereocenters. The van der Waals surface area contributed by atoms with Gasteiger partial charge in [0.1, 0.15) is 15.0 Å². The summed E-state index contributed by atoms with van der Waals surface area (Å²) < 4.78 is 0. The van der Waals surface area contributed by atoms with Crippen molar-refractivity contribution in [2.24, 2.45) is 0 Å². The molecule has 4 rings (SSSR count). The van der Waals surface area contributed by atoms with E-state index in [1.165, 1.54) is 19.3 Å². The Morgan fingerprint density at radius 1 is 0.458 bits per heavy atom. The van der Waals surface area contributed by atoms with Crippen molar-refractivity contribution >= 4 is 127 Å². The summed E-state index contributed by atoms with van der Waals surface area (Å²) in [7, 11) is 0. The van der Waals surface area contributed by atoms with Gasteiger partial charge in [0.25, 0.3) is 0 Å². The highest BCUT2D eigenvalue weighted by molar-refractivity contribution is 7.83. The topological polar surface area (TPSA) is 9.72 Å². The standard InChI is InChI=1S/C36H57N3S9/c40-22-10-19-37(34(46)13-4-1-5-14-34)31(43)28-25-29(32(44)38(20-11-23-41)35(47)15-6-2-7-16-35)27-30(26-28)33(45)39(21-12-24-42)36(48)17-8-3-9-18-36/h25-27,40-42,46-48H,1-24H2.